The van der Waals surface area contributed by atoms with Crippen LogP contribution in [0.4, 0.5) is 0 Å². The number of hydrogen-bond donors (Lipinski definition) is 2. The molecule has 1 heterocycles. The average molecular weight is 286 g/mol. The lowest BCUT2D eigenvalue weighted by Gasteiger charge is -2.19. The highest BCUT2D eigenvalue weighted by Gasteiger charge is 2.31. The van der Waals surface area contributed by atoms with Crippen LogP contribution in [-0.4, -0.2) is 25.2 Å². The first-order chi connectivity index (χ1) is 10.1. The van der Waals surface area contributed by atoms with Crippen molar-refractivity contribution >= 4 is 5.91 Å². The summed E-state index contributed by atoms with van der Waals surface area (Å²) in [5.41, 5.74) is 7.34. The number of benzene rings is 1. The second kappa shape index (κ2) is 7.26. The smallest absolute Gasteiger partial charge is 0.226 e. The molecule has 3 N–H and O–H groups in total. The third-order valence-corrected chi connectivity index (χ3v) is 3.82. The highest BCUT2D eigenvalue weighted by atomic mass is 16.5. The molecule has 112 valence electrons. The van der Waals surface area contributed by atoms with Gasteiger partial charge in [-0.3, -0.25) is 4.79 Å². The Bertz CT molecular complexity index is 542. The Morgan fingerprint density at radius 3 is 2.76 bits per heavy atom. The monoisotopic (exact) mass is 286 g/mol. The van der Waals surface area contributed by atoms with Crippen LogP contribution in [0.2, 0.25) is 0 Å². The predicted octanol–water partition coefficient (Wildman–Crippen LogP) is 1.60. The van der Waals surface area contributed by atoms with Crippen molar-refractivity contribution in [2.24, 2.45) is 11.7 Å². The van der Waals surface area contributed by atoms with E-state index in [1.807, 2.05) is 38.1 Å². The van der Waals surface area contributed by atoms with Gasteiger partial charge < -0.3 is 15.8 Å². The van der Waals surface area contributed by atoms with Crippen molar-refractivity contribution in [1.29, 1.82) is 0 Å². The lowest BCUT2D eigenvalue weighted by Crippen LogP contribution is -2.35. The molecule has 1 saturated heterocycles. The summed E-state index contributed by atoms with van der Waals surface area (Å²) in [6.07, 6.45) is 0.805. The van der Waals surface area contributed by atoms with Gasteiger partial charge in [0.05, 0.1) is 24.6 Å². The molecule has 0 aliphatic carbocycles. The van der Waals surface area contributed by atoms with E-state index in [9.17, 15) is 4.79 Å². The van der Waals surface area contributed by atoms with Crippen LogP contribution in [0.15, 0.2) is 24.3 Å². The number of nitrogens with two attached hydrogens (primary N) is 1. The van der Waals surface area contributed by atoms with Crippen molar-refractivity contribution < 1.29 is 9.53 Å². The van der Waals surface area contributed by atoms with Crippen LogP contribution in [0.5, 0.6) is 0 Å². The molecule has 1 aromatic carbocycles. The van der Waals surface area contributed by atoms with Gasteiger partial charge in [0.1, 0.15) is 0 Å². The molecule has 0 aromatic heterocycles. The third kappa shape index (κ3) is 4.07. The van der Waals surface area contributed by atoms with Gasteiger partial charge in [-0.1, -0.05) is 24.0 Å². The molecular formula is C17H22N2O2. The van der Waals surface area contributed by atoms with Crippen molar-refractivity contribution in [3.63, 3.8) is 0 Å². The molecule has 1 aliphatic rings. The number of nitrogens with one attached hydrogen (secondary N) is 1. The minimum atomic E-state index is -0.0397. The topological polar surface area (TPSA) is 64.3 Å². The molecule has 3 unspecified atom stereocenters. The van der Waals surface area contributed by atoms with Gasteiger partial charge in [-0.2, -0.15) is 0 Å². The lowest BCUT2D eigenvalue weighted by molar-refractivity contribution is -0.127. The first-order valence-corrected chi connectivity index (χ1v) is 7.32. The van der Waals surface area contributed by atoms with Gasteiger partial charge in [-0.15, -0.1) is 0 Å². The normalized spacial score (nSPS) is 22.2. The van der Waals surface area contributed by atoms with Crippen LogP contribution in [0.25, 0.3) is 0 Å². The Morgan fingerprint density at radius 1 is 1.48 bits per heavy atom. The first kappa shape index (κ1) is 15.6. The van der Waals surface area contributed by atoms with E-state index in [2.05, 4.69) is 17.2 Å². The van der Waals surface area contributed by atoms with Crippen molar-refractivity contribution in [2.45, 2.75) is 32.4 Å². The molecule has 1 aromatic rings. The fourth-order valence-electron chi connectivity index (χ4n) is 2.49. The highest BCUT2D eigenvalue weighted by molar-refractivity contribution is 5.79. The molecule has 0 saturated carbocycles. The second-order valence-electron chi connectivity index (χ2n) is 5.33. The van der Waals surface area contributed by atoms with Crippen molar-refractivity contribution in [3.05, 3.63) is 35.4 Å². The fourth-order valence-corrected chi connectivity index (χ4v) is 2.49. The maximum absolute atomic E-state index is 12.2. The van der Waals surface area contributed by atoms with Gasteiger partial charge in [0.15, 0.2) is 0 Å². The third-order valence-electron chi connectivity index (χ3n) is 3.82. The van der Waals surface area contributed by atoms with E-state index in [0.29, 0.717) is 13.2 Å². The quantitative estimate of drug-likeness (QED) is 0.830. The standard InChI is InChI=1S/C17H22N2O2/c1-12(19-17(20)16-9-11-21-13(16)2)15-7-5-14(6-8-15)4-3-10-18/h5-8,12-13,16H,9-11,18H2,1-2H3,(H,19,20). The summed E-state index contributed by atoms with van der Waals surface area (Å²) in [7, 11) is 0. The van der Waals surface area contributed by atoms with Crippen molar-refractivity contribution in [3.8, 4) is 11.8 Å². The molecule has 0 radical (unpaired) electrons. The van der Waals surface area contributed by atoms with E-state index in [1.54, 1.807) is 0 Å². The maximum atomic E-state index is 12.2. The highest BCUT2D eigenvalue weighted by Crippen LogP contribution is 2.22. The van der Waals surface area contributed by atoms with Crippen LogP contribution < -0.4 is 11.1 Å². The van der Waals surface area contributed by atoms with E-state index < -0.39 is 0 Å². The van der Waals surface area contributed by atoms with Crippen LogP contribution in [0, 0.1) is 17.8 Å². The molecule has 0 bridgehead atoms. The number of rotatable bonds is 3. The Morgan fingerprint density at radius 2 is 2.19 bits per heavy atom. The molecule has 4 nitrogen and oxygen atoms in total. The Labute approximate surface area is 126 Å². The predicted molar refractivity (Wildman–Crippen MR) is 82.5 cm³/mol. The largest absolute Gasteiger partial charge is 0.378 e. The Kier molecular flexibility index (Phi) is 5.38. The zero-order valence-electron chi connectivity index (χ0n) is 12.6. The molecule has 21 heavy (non-hydrogen) atoms. The van der Waals surface area contributed by atoms with Gasteiger partial charge >= 0.3 is 0 Å². The summed E-state index contributed by atoms with van der Waals surface area (Å²) in [4.78, 5) is 12.2. The Hall–Kier alpha value is -1.83. The average Bonchev–Trinajstić information content (AvgIpc) is 2.91. The van der Waals surface area contributed by atoms with Crippen LogP contribution >= 0.6 is 0 Å². The fraction of sp³-hybridized carbons (Fsp3) is 0.471. The number of ether oxygens (including phenoxy) is 1. The van der Waals surface area contributed by atoms with Gasteiger partial charge in [0.25, 0.3) is 0 Å². The molecule has 1 amide bonds. The van der Waals surface area contributed by atoms with E-state index >= 15 is 0 Å². The Balaban J connectivity index is 1.96. The molecular weight excluding hydrogens is 264 g/mol. The van der Waals surface area contributed by atoms with E-state index in [0.717, 1.165) is 17.5 Å². The first-order valence-electron chi connectivity index (χ1n) is 7.32. The second-order valence-corrected chi connectivity index (χ2v) is 5.33. The zero-order valence-corrected chi connectivity index (χ0v) is 12.6. The molecule has 3 atom stereocenters. The molecule has 1 aliphatic heterocycles. The summed E-state index contributed by atoms with van der Waals surface area (Å²) < 4.78 is 5.44. The zero-order chi connectivity index (χ0) is 15.2. The van der Waals surface area contributed by atoms with Gasteiger partial charge in [-0.25, -0.2) is 0 Å². The number of amides is 1. The molecule has 4 heteroatoms. The van der Waals surface area contributed by atoms with Gasteiger partial charge in [-0.05, 0) is 38.0 Å². The van der Waals surface area contributed by atoms with Crippen molar-refractivity contribution in [2.75, 3.05) is 13.2 Å². The van der Waals surface area contributed by atoms with Gasteiger partial charge in [0.2, 0.25) is 5.91 Å². The summed E-state index contributed by atoms with van der Waals surface area (Å²) in [5, 5.41) is 3.06. The maximum Gasteiger partial charge on any atom is 0.226 e. The van der Waals surface area contributed by atoms with E-state index in [-0.39, 0.29) is 24.0 Å². The van der Waals surface area contributed by atoms with Crippen LogP contribution in [-0.2, 0) is 9.53 Å². The number of hydrogen-bond acceptors (Lipinski definition) is 3. The minimum Gasteiger partial charge on any atom is -0.378 e. The molecule has 2 rings (SSSR count). The van der Waals surface area contributed by atoms with Crippen LogP contribution in [0.3, 0.4) is 0 Å². The summed E-state index contributed by atoms with van der Waals surface area (Å²) in [5.74, 6) is 5.83. The van der Waals surface area contributed by atoms with E-state index in [1.165, 1.54) is 0 Å². The SMILES string of the molecule is CC(NC(=O)C1CCOC1C)c1ccc(C#CCN)cc1. The van der Waals surface area contributed by atoms with Crippen molar-refractivity contribution in [1.82, 2.24) is 5.32 Å². The molecule has 0 spiro atoms. The van der Waals surface area contributed by atoms with Gasteiger partial charge in [0, 0.05) is 12.2 Å². The summed E-state index contributed by atoms with van der Waals surface area (Å²) >= 11 is 0. The van der Waals surface area contributed by atoms with Crippen LogP contribution in [0.1, 0.15) is 37.4 Å². The summed E-state index contributed by atoms with van der Waals surface area (Å²) in [6.45, 7) is 4.96. The number of carbonyl (C=O) groups is 1. The van der Waals surface area contributed by atoms with E-state index in [4.69, 9.17) is 10.5 Å². The number of carbonyl (C=O) groups excluding carboxylic acids is 1. The lowest BCUT2D eigenvalue weighted by atomic mass is 10.00. The minimum absolute atomic E-state index is 0.00566. The summed E-state index contributed by atoms with van der Waals surface area (Å²) in [6, 6.07) is 7.84. The molecule has 1 fully saturated rings.